The Morgan fingerprint density at radius 3 is 2.36 bits per heavy atom. The third kappa shape index (κ3) is 2.38. The summed E-state index contributed by atoms with van der Waals surface area (Å²) in [5, 5.41) is 0. The van der Waals surface area contributed by atoms with Crippen LogP contribution in [0.15, 0.2) is 12.1 Å². The van der Waals surface area contributed by atoms with Crippen molar-refractivity contribution >= 4 is 21.4 Å². The van der Waals surface area contributed by atoms with Gasteiger partial charge in [0.25, 0.3) is 0 Å². The van der Waals surface area contributed by atoms with E-state index in [4.69, 9.17) is 5.73 Å². The molecule has 0 radical (unpaired) electrons. The summed E-state index contributed by atoms with van der Waals surface area (Å²) in [5.41, 5.74) is 8.45. The number of hydrogen-bond donors (Lipinski definition) is 2. The lowest BCUT2D eigenvalue weighted by Gasteiger charge is -2.12. The van der Waals surface area contributed by atoms with Gasteiger partial charge in [-0.1, -0.05) is 6.07 Å². The molecule has 78 valence electrons. The zero-order valence-corrected chi connectivity index (χ0v) is 9.27. The average molecular weight is 214 g/mol. The van der Waals surface area contributed by atoms with Crippen LogP contribution in [0.2, 0.25) is 0 Å². The molecule has 0 aliphatic carbocycles. The van der Waals surface area contributed by atoms with E-state index in [1.807, 2.05) is 19.9 Å². The maximum absolute atomic E-state index is 11.0. The number of nitrogens with one attached hydrogen (secondary N) is 1. The highest BCUT2D eigenvalue weighted by Gasteiger charge is 2.09. The van der Waals surface area contributed by atoms with Crippen LogP contribution in [0.4, 0.5) is 11.4 Å². The fraction of sp³-hybridized carbons (Fsp3) is 0.333. The van der Waals surface area contributed by atoms with Crippen LogP contribution in [0.5, 0.6) is 0 Å². The van der Waals surface area contributed by atoms with E-state index in [2.05, 4.69) is 4.72 Å². The van der Waals surface area contributed by atoms with Crippen molar-refractivity contribution in [1.29, 1.82) is 0 Å². The molecular weight excluding hydrogens is 200 g/mol. The van der Waals surface area contributed by atoms with Crippen LogP contribution in [0.1, 0.15) is 11.1 Å². The van der Waals surface area contributed by atoms with Crippen LogP contribution in [0.25, 0.3) is 0 Å². The molecule has 0 unspecified atom stereocenters. The molecule has 0 aliphatic heterocycles. The van der Waals surface area contributed by atoms with Gasteiger partial charge in [-0.2, -0.15) is 0 Å². The third-order valence-electron chi connectivity index (χ3n) is 2.06. The summed E-state index contributed by atoms with van der Waals surface area (Å²) < 4.78 is 24.5. The summed E-state index contributed by atoms with van der Waals surface area (Å²) >= 11 is 0. The van der Waals surface area contributed by atoms with E-state index in [-0.39, 0.29) is 0 Å². The number of benzene rings is 1. The SMILES string of the molecule is Cc1ccc(N)c(NS(C)(=O)=O)c1C. The number of hydrogen-bond acceptors (Lipinski definition) is 3. The van der Waals surface area contributed by atoms with Crippen LogP contribution >= 0.6 is 0 Å². The highest BCUT2D eigenvalue weighted by atomic mass is 32.2. The smallest absolute Gasteiger partial charge is 0.229 e. The molecule has 0 atom stereocenters. The van der Waals surface area contributed by atoms with E-state index in [0.29, 0.717) is 11.4 Å². The number of aryl methyl sites for hydroxylation is 1. The van der Waals surface area contributed by atoms with Gasteiger partial charge in [0.1, 0.15) is 0 Å². The summed E-state index contributed by atoms with van der Waals surface area (Å²) in [7, 11) is -3.27. The number of rotatable bonds is 2. The molecule has 0 saturated carbocycles. The third-order valence-corrected chi connectivity index (χ3v) is 2.63. The van der Waals surface area contributed by atoms with Crippen molar-refractivity contribution in [3.63, 3.8) is 0 Å². The lowest BCUT2D eigenvalue weighted by Crippen LogP contribution is -2.12. The fourth-order valence-corrected chi connectivity index (χ4v) is 1.80. The maximum atomic E-state index is 11.0. The largest absolute Gasteiger partial charge is 0.397 e. The van der Waals surface area contributed by atoms with Crippen LogP contribution in [0, 0.1) is 13.8 Å². The lowest BCUT2D eigenvalue weighted by molar-refractivity contribution is 0.607. The van der Waals surface area contributed by atoms with E-state index in [9.17, 15) is 8.42 Å². The van der Waals surface area contributed by atoms with E-state index >= 15 is 0 Å². The minimum absolute atomic E-state index is 0.443. The summed E-state index contributed by atoms with van der Waals surface area (Å²) in [6, 6.07) is 3.55. The molecule has 3 N–H and O–H groups in total. The molecule has 1 aromatic carbocycles. The van der Waals surface area contributed by atoms with E-state index in [1.165, 1.54) is 0 Å². The van der Waals surface area contributed by atoms with Gasteiger partial charge in [0, 0.05) is 0 Å². The minimum atomic E-state index is -3.27. The summed E-state index contributed by atoms with van der Waals surface area (Å²) in [5.74, 6) is 0. The molecule has 4 nitrogen and oxygen atoms in total. The second-order valence-electron chi connectivity index (χ2n) is 3.35. The Balaban J connectivity index is 3.27. The first-order valence-corrected chi connectivity index (χ1v) is 6.04. The first kappa shape index (κ1) is 10.8. The van der Waals surface area contributed by atoms with Crippen molar-refractivity contribution in [2.75, 3.05) is 16.7 Å². The molecule has 0 aromatic heterocycles. The van der Waals surface area contributed by atoms with Crippen LogP contribution in [0.3, 0.4) is 0 Å². The second kappa shape index (κ2) is 3.49. The number of anilines is 2. The monoisotopic (exact) mass is 214 g/mol. The van der Waals surface area contributed by atoms with Gasteiger partial charge < -0.3 is 5.73 Å². The van der Waals surface area contributed by atoms with Gasteiger partial charge >= 0.3 is 0 Å². The van der Waals surface area contributed by atoms with Gasteiger partial charge in [-0.25, -0.2) is 8.42 Å². The maximum Gasteiger partial charge on any atom is 0.229 e. The molecule has 0 aliphatic rings. The number of nitrogen functional groups attached to an aromatic ring is 1. The van der Waals surface area contributed by atoms with Gasteiger partial charge in [-0.3, -0.25) is 4.72 Å². The van der Waals surface area contributed by atoms with Crippen LogP contribution in [-0.2, 0) is 10.0 Å². The summed E-state index contributed by atoms with van der Waals surface area (Å²) in [4.78, 5) is 0. The normalized spacial score (nSPS) is 11.4. The van der Waals surface area contributed by atoms with Gasteiger partial charge in [0.15, 0.2) is 0 Å². The predicted molar refractivity (Wildman–Crippen MR) is 58.8 cm³/mol. The Labute approximate surface area is 84.2 Å². The first-order chi connectivity index (χ1) is 6.31. The highest BCUT2D eigenvalue weighted by Crippen LogP contribution is 2.26. The number of sulfonamides is 1. The Morgan fingerprint density at radius 2 is 1.86 bits per heavy atom. The predicted octanol–water partition coefficient (Wildman–Crippen LogP) is 1.26. The van der Waals surface area contributed by atoms with E-state index in [1.54, 1.807) is 6.07 Å². The van der Waals surface area contributed by atoms with Gasteiger partial charge in [0.2, 0.25) is 10.0 Å². The quantitative estimate of drug-likeness (QED) is 0.728. The van der Waals surface area contributed by atoms with Gasteiger partial charge in [0.05, 0.1) is 17.6 Å². The van der Waals surface area contributed by atoms with Crippen molar-refractivity contribution in [2.24, 2.45) is 0 Å². The summed E-state index contributed by atoms with van der Waals surface area (Å²) in [6.45, 7) is 3.74. The highest BCUT2D eigenvalue weighted by molar-refractivity contribution is 7.92. The Kier molecular flexibility index (Phi) is 2.71. The van der Waals surface area contributed by atoms with E-state index < -0.39 is 10.0 Å². The molecule has 0 fully saturated rings. The average Bonchev–Trinajstić information content (AvgIpc) is 2.04. The van der Waals surface area contributed by atoms with Gasteiger partial charge in [-0.05, 0) is 31.0 Å². The molecular formula is C9H14N2O2S. The van der Waals surface area contributed by atoms with Crippen molar-refractivity contribution in [2.45, 2.75) is 13.8 Å². The molecule has 1 rings (SSSR count). The van der Waals surface area contributed by atoms with Crippen molar-refractivity contribution < 1.29 is 8.42 Å². The molecule has 1 aromatic rings. The van der Waals surface area contributed by atoms with Crippen LogP contribution < -0.4 is 10.5 Å². The molecule has 5 heteroatoms. The van der Waals surface area contributed by atoms with Gasteiger partial charge in [-0.15, -0.1) is 0 Å². The number of nitrogens with two attached hydrogens (primary N) is 1. The lowest BCUT2D eigenvalue weighted by atomic mass is 10.1. The van der Waals surface area contributed by atoms with Crippen molar-refractivity contribution in [3.8, 4) is 0 Å². The molecule has 0 amide bonds. The Morgan fingerprint density at radius 1 is 1.29 bits per heavy atom. The zero-order valence-electron chi connectivity index (χ0n) is 8.46. The molecule has 0 heterocycles. The Bertz CT molecular complexity index is 452. The fourth-order valence-electron chi connectivity index (χ4n) is 1.16. The van der Waals surface area contributed by atoms with Crippen LogP contribution in [-0.4, -0.2) is 14.7 Å². The molecule has 0 saturated heterocycles. The van der Waals surface area contributed by atoms with Crippen molar-refractivity contribution in [1.82, 2.24) is 0 Å². The standard InChI is InChI=1S/C9H14N2O2S/c1-6-4-5-8(10)9(7(6)2)11-14(3,12)13/h4-5,11H,10H2,1-3H3. The summed E-state index contributed by atoms with van der Waals surface area (Å²) in [6.07, 6.45) is 1.11. The second-order valence-corrected chi connectivity index (χ2v) is 5.09. The van der Waals surface area contributed by atoms with Crippen molar-refractivity contribution in [3.05, 3.63) is 23.3 Å². The molecule has 0 spiro atoms. The molecule has 14 heavy (non-hydrogen) atoms. The van der Waals surface area contributed by atoms with E-state index in [0.717, 1.165) is 17.4 Å². The Hall–Kier alpha value is -1.23. The minimum Gasteiger partial charge on any atom is -0.397 e. The zero-order chi connectivity index (χ0) is 10.9. The molecule has 0 bridgehead atoms. The topological polar surface area (TPSA) is 72.2 Å². The first-order valence-electron chi connectivity index (χ1n) is 4.15.